The molecule has 0 aromatic heterocycles. The third-order valence-electron chi connectivity index (χ3n) is 4.59. The number of nitrogens with two attached hydrogens (primary N) is 1. The fraction of sp³-hybridized carbons (Fsp3) is 0.0870. The molecule has 1 heterocycles. The molecule has 3 aromatic rings. The summed E-state index contributed by atoms with van der Waals surface area (Å²) in [5.74, 6) is 1.18. The fourth-order valence-corrected chi connectivity index (χ4v) is 3.18. The number of hydrogen-bond acceptors (Lipinski definition) is 4. The first-order chi connectivity index (χ1) is 13.8. The smallest absolute Gasteiger partial charge is 0.409 e. The summed E-state index contributed by atoms with van der Waals surface area (Å²) in [4.78, 5) is 4.69. The monoisotopic (exact) mass is 369 g/mol. The molecule has 138 valence electrons. The maximum absolute atomic E-state index is 6.27. The molecule has 0 aliphatic carbocycles. The standard InChI is InChI=1S/C23H21N4O/c1-28-20-14-12-17(13-15-20)16-25-27-22(19-10-6-3-7-11-19)21(26-23(27)24)18-8-4-2-5-9-18/h2-16,21H,1H3,(H2,24,26)/q+1/b25-16+. The molecule has 0 saturated carbocycles. The highest BCUT2D eigenvalue weighted by atomic mass is 16.5. The Hall–Kier alpha value is -3.73. The second-order valence-electron chi connectivity index (χ2n) is 6.38. The van der Waals surface area contributed by atoms with E-state index in [1.807, 2.05) is 60.7 Å². The Bertz CT molecular complexity index is 1040. The van der Waals surface area contributed by atoms with Crippen LogP contribution >= 0.6 is 0 Å². The van der Waals surface area contributed by atoms with Crippen molar-refractivity contribution >= 4 is 17.9 Å². The molecular weight excluding hydrogens is 348 g/mol. The molecule has 28 heavy (non-hydrogen) atoms. The van der Waals surface area contributed by atoms with Crippen molar-refractivity contribution in [1.29, 1.82) is 0 Å². The van der Waals surface area contributed by atoms with Crippen LogP contribution in [0.3, 0.4) is 0 Å². The van der Waals surface area contributed by atoms with Crippen LogP contribution in [-0.2, 0) is 0 Å². The second kappa shape index (κ2) is 7.88. The lowest BCUT2D eigenvalue weighted by Gasteiger charge is -2.08. The zero-order valence-electron chi connectivity index (χ0n) is 15.6. The molecule has 0 spiro atoms. The van der Waals surface area contributed by atoms with E-state index < -0.39 is 0 Å². The van der Waals surface area contributed by atoms with Crippen molar-refractivity contribution in [1.82, 2.24) is 0 Å². The van der Waals surface area contributed by atoms with Crippen molar-refractivity contribution in [3.63, 3.8) is 0 Å². The highest BCUT2D eigenvalue weighted by Crippen LogP contribution is 2.27. The molecule has 0 fully saturated rings. The third kappa shape index (κ3) is 3.55. The largest absolute Gasteiger partial charge is 0.497 e. The van der Waals surface area contributed by atoms with Crippen LogP contribution in [0.5, 0.6) is 5.75 Å². The topological polar surface area (TPSA) is 63.0 Å². The first kappa shape index (κ1) is 17.7. The van der Waals surface area contributed by atoms with Crippen LogP contribution in [0.1, 0.15) is 22.7 Å². The number of aliphatic imine (C=N–C) groups is 1. The molecule has 4 rings (SSSR count). The molecule has 0 bridgehead atoms. The fourth-order valence-electron chi connectivity index (χ4n) is 3.18. The van der Waals surface area contributed by atoms with Gasteiger partial charge in [0.1, 0.15) is 5.75 Å². The first-order valence-electron chi connectivity index (χ1n) is 9.05. The maximum Gasteiger partial charge on any atom is 0.409 e. The van der Waals surface area contributed by atoms with E-state index >= 15 is 0 Å². The number of hydrogen-bond donors (Lipinski definition) is 1. The van der Waals surface area contributed by atoms with Crippen molar-refractivity contribution in [3.05, 3.63) is 102 Å². The predicted octanol–water partition coefficient (Wildman–Crippen LogP) is 3.60. The summed E-state index contributed by atoms with van der Waals surface area (Å²) in [6.45, 7) is 0. The number of methoxy groups -OCH3 is 1. The lowest BCUT2D eigenvalue weighted by atomic mass is 9.97. The lowest BCUT2D eigenvalue weighted by molar-refractivity contribution is -0.410. The molecule has 0 amide bonds. The van der Waals surface area contributed by atoms with E-state index in [0.29, 0.717) is 5.96 Å². The van der Waals surface area contributed by atoms with Gasteiger partial charge in [0.05, 0.1) is 13.3 Å². The number of rotatable bonds is 5. The van der Waals surface area contributed by atoms with Gasteiger partial charge in [-0.25, -0.2) is 0 Å². The van der Waals surface area contributed by atoms with Gasteiger partial charge in [0.15, 0.2) is 11.8 Å². The Morgan fingerprint density at radius 2 is 1.57 bits per heavy atom. The number of hydrazone groups is 1. The van der Waals surface area contributed by atoms with Gasteiger partial charge < -0.3 is 4.74 Å². The molecule has 2 N–H and O–H groups in total. The van der Waals surface area contributed by atoms with Gasteiger partial charge in [-0.2, -0.15) is 0 Å². The van der Waals surface area contributed by atoms with Crippen molar-refractivity contribution in [2.75, 3.05) is 7.11 Å². The Kier molecular flexibility index (Phi) is 4.97. The highest BCUT2D eigenvalue weighted by Gasteiger charge is 2.36. The zero-order chi connectivity index (χ0) is 19.3. The zero-order valence-corrected chi connectivity index (χ0v) is 15.6. The van der Waals surface area contributed by atoms with Crippen LogP contribution in [-0.4, -0.2) is 29.7 Å². The average molecular weight is 369 g/mol. The van der Waals surface area contributed by atoms with Crippen LogP contribution in [0, 0.1) is 0 Å². The molecule has 5 heteroatoms. The summed E-state index contributed by atoms with van der Waals surface area (Å²) in [6.07, 6.45) is 1.78. The average Bonchev–Trinajstić information content (AvgIpc) is 3.10. The van der Waals surface area contributed by atoms with Crippen LogP contribution in [0.2, 0.25) is 0 Å². The Balaban J connectivity index is 1.77. The molecule has 5 nitrogen and oxygen atoms in total. The molecule has 1 unspecified atom stereocenters. The van der Waals surface area contributed by atoms with E-state index in [4.69, 9.17) is 10.5 Å². The third-order valence-corrected chi connectivity index (χ3v) is 4.59. The molecule has 3 aromatic carbocycles. The van der Waals surface area contributed by atoms with Crippen LogP contribution in [0.15, 0.2) is 95.0 Å². The van der Waals surface area contributed by atoms with Gasteiger partial charge in [0.25, 0.3) is 0 Å². The van der Waals surface area contributed by atoms with E-state index in [1.54, 1.807) is 18.0 Å². The van der Waals surface area contributed by atoms with Gasteiger partial charge >= 0.3 is 5.96 Å². The maximum atomic E-state index is 6.27. The summed E-state index contributed by atoms with van der Waals surface area (Å²) in [5, 5.41) is 4.64. The summed E-state index contributed by atoms with van der Waals surface area (Å²) >= 11 is 0. The van der Waals surface area contributed by atoms with Gasteiger partial charge in [-0.05, 0) is 29.8 Å². The number of nitrogens with zero attached hydrogens (tertiary/aromatic N) is 3. The number of guanidine groups is 1. The quantitative estimate of drug-likeness (QED) is 0.552. The van der Waals surface area contributed by atoms with E-state index in [1.165, 1.54) is 0 Å². The molecule has 1 atom stereocenters. The Morgan fingerprint density at radius 1 is 0.929 bits per heavy atom. The molecule has 1 aliphatic rings. The minimum absolute atomic E-state index is 0.198. The van der Waals surface area contributed by atoms with Crippen molar-refractivity contribution in [2.45, 2.75) is 6.04 Å². The summed E-state index contributed by atoms with van der Waals surface area (Å²) < 4.78 is 6.92. The number of ether oxygens (including phenoxy) is 1. The molecule has 0 radical (unpaired) electrons. The number of benzene rings is 3. The second-order valence-corrected chi connectivity index (χ2v) is 6.38. The van der Waals surface area contributed by atoms with Crippen molar-refractivity contribution in [2.24, 2.45) is 15.8 Å². The van der Waals surface area contributed by atoms with E-state index in [-0.39, 0.29) is 6.04 Å². The minimum atomic E-state index is -0.198. The van der Waals surface area contributed by atoms with Crippen LogP contribution in [0.4, 0.5) is 0 Å². The van der Waals surface area contributed by atoms with Gasteiger partial charge in [0, 0.05) is 11.1 Å². The van der Waals surface area contributed by atoms with Gasteiger partial charge in [-0.15, -0.1) is 9.79 Å². The summed E-state index contributed by atoms with van der Waals surface area (Å²) in [7, 11) is 1.65. The Labute approximate surface area is 164 Å². The normalized spacial score (nSPS) is 16.5. The molecule has 0 saturated heterocycles. The van der Waals surface area contributed by atoms with Gasteiger partial charge in [-0.1, -0.05) is 65.7 Å². The van der Waals surface area contributed by atoms with E-state index in [9.17, 15) is 0 Å². The van der Waals surface area contributed by atoms with Crippen molar-refractivity contribution < 1.29 is 9.42 Å². The molecular formula is C23H21N4O+. The van der Waals surface area contributed by atoms with Crippen LogP contribution in [0.25, 0.3) is 0 Å². The van der Waals surface area contributed by atoms with E-state index in [0.717, 1.165) is 28.2 Å². The first-order valence-corrected chi connectivity index (χ1v) is 9.05. The van der Waals surface area contributed by atoms with Crippen molar-refractivity contribution in [3.8, 4) is 5.75 Å². The van der Waals surface area contributed by atoms with Crippen LogP contribution < -0.4 is 10.5 Å². The van der Waals surface area contributed by atoms with E-state index in [2.05, 4.69) is 34.4 Å². The molecule has 1 aliphatic heterocycles. The summed E-state index contributed by atoms with van der Waals surface area (Å²) in [6, 6.07) is 27.7. The minimum Gasteiger partial charge on any atom is -0.497 e. The summed E-state index contributed by atoms with van der Waals surface area (Å²) in [5.41, 5.74) is 10.3. The SMILES string of the molecule is COc1ccc(/C=N/[N+]2=C(c3ccccc3)C(c3ccccc3)N=C2N)cc1. The highest BCUT2D eigenvalue weighted by molar-refractivity contribution is 6.07. The van der Waals surface area contributed by atoms with Gasteiger partial charge in [0.2, 0.25) is 0 Å². The predicted molar refractivity (Wildman–Crippen MR) is 112 cm³/mol. The van der Waals surface area contributed by atoms with Gasteiger partial charge in [-0.3, -0.25) is 5.73 Å². The lowest BCUT2D eigenvalue weighted by Crippen LogP contribution is -2.26. The Morgan fingerprint density at radius 3 is 2.21 bits per heavy atom.